The second-order valence-electron chi connectivity index (χ2n) is 7.84. The van der Waals surface area contributed by atoms with Crippen LogP contribution in [0, 0.1) is 6.92 Å². The van der Waals surface area contributed by atoms with Crippen LogP contribution in [0.25, 0.3) is 0 Å². The van der Waals surface area contributed by atoms with Crippen molar-refractivity contribution in [3.05, 3.63) is 65.8 Å². The van der Waals surface area contributed by atoms with Crippen LogP contribution in [-0.2, 0) is 11.2 Å². The van der Waals surface area contributed by atoms with Crippen molar-refractivity contribution in [1.82, 2.24) is 5.32 Å². The fourth-order valence-corrected chi connectivity index (χ4v) is 3.14. The van der Waals surface area contributed by atoms with Gasteiger partial charge in [-0.1, -0.05) is 68.4 Å². The van der Waals surface area contributed by atoms with Crippen LogP contribution >= 0.6 is 0 Å². The van der Waals surface area contributed by atoms with Crippen LogP contribution < -0.4 is 5.32 Å². The number of benzene rings is 1. The molecule has 0 radical (unpaired) electrons. The highest BCUT2D eigenvalue weighted by Gasteiger charge is 2.01. The van der Waals surface area contributed by atoms with Crippen LogP contribution in [0.3, 0.4) is 0 Å². The van der Waals surface area contributed by atoms with Gasteiger partial charge >= 0.3 is 0 Å². The Balaban J connectivity index is 1.97. The quantitative estimate of drug-likeness (QED) is 0.228. The Morgan fingerprint density at radius 3 is 2.33 bits per heavy atom. The predicted octanol–water partition coefficient (Wildman–Crippen LogP) is 6.95. The summed E-state index contributed by atoms with van der Waals surface area (Å²) in [7, 11) is 0. The number of unbranched alkanes of at least 4 members (excludes halogenated alkanes) is 5. The number of allylic oxidation sites excluding steroid dienone is 6. The topological polar surface area (TPSA) is 49.3 Å². The highest BCUT2D eigenvalue weighted by Crippen LogP contribution is 2.17. The molecule has 1 aromatic rings. The monoisotopic (exact) mass is 411 g/mol. The van der Waals surface area contributed by atoms with Gasteiger partial charge in [-0.3, -0.25) is 4.79 Å². The van der Waals surface area contributed by atoms with Crippen molar-refractivity contribution in [2.45, 2.75) is 84.5 Å². The number of aryl methyl sites for hydroxylation is 1. The van der Waals surface area contributed by atoms with E-state index < -0.39 is 0 Å². The molecule has 0 atom stereocenters. The van der Waals surface area contributed by atoms with Crippen LogP contribution in [-0.4, -0.2) is 17.6 Å². The summed E-state index contributed by atoms with van der Waals surface area (Å²) in [6.45, 7) is 4.76. The Hall–Kier alpha value is -2.29. The maximum absolute atomic E-state index is 11.9. The van der Waals surface area contributed by atoms with Crippen molar-refractivity contribution in [3.63, 3.8) is 0 Å². The molecule has 0 saturated carbocycles. The van der Waals surface area contributed by atoms with E-state index in [1.165, 1.54) is 25.7 Å². The summed E-state index contributed by atoms with van der Waals surface area (Å²) < 4.78 is 0. The fourth-order valence-electron chi connectivity index (χ4n) is 3.14. The lowest BCUT2D eigenvalue weighted by atomic mass is 10.1. The maximum Gasteiger partial charge on any atom is 0.220 e. The van der Waals surface area contributed by atoms with E-state index in [1.54, 1.807) is 6.07 Å². The minimum absolute atomic E-state index is 0.115. The normalized spacial score (nSPS) is 11.8. The van der Waals surface area contributed by atoms with Gasteiger partial charge in [0.05, 0.1) is 0 Å². The Labute approximate surface area is 184 Å². The summed E-state index contributed by atoms with van der Waals surface area (Å²) in [6.07, 6.45) is 25.0. The van der Waals surface area contributed by atoms with Crippen LogP contribution in [0.1, 0.15) is 82.3 Å². The van der Waals surface area contributed by atoms with Crippen LogP contribution in [0.5, 0.6) is 5.75 Å². The van der Waals surface area contributed by atoms with Crippen molar-refractivity contribution >= 4 is 5.91 Å². The number of hydrogen-bond acceptors (Lipinski definition) is 2. The van der Waals surface area contributed by atoms with Gasteiger partial charge < -0.3 is 10.4 Å². The van der Waals surface area contributed by atoms with Crippen molar-refractivity contribution in [3.8, 4) is 5.75 Å². The molecule has 0 bridgehead atoms. The number of phenolic OH excluding ortho intramolecular Hbond substituents is 1. The summed E-state index contributed by atoms with van der Waals surface area (Å²) in [6, 6.07) is 5.58. The zero-order chi connectivity index (χ0) is 21.9. The number of phenols is 1. The van der Waals surface area contributed by atoms with Crippen molar-refractivity contribution in [1.29, 1.82) is 0 Å². The van der Waals surface area contributed by atoms with Gasteiger partial charge in [0.25, 0.3) is 0 Å². The van der Waals surface area contributed by atoms with E-state index in [4.69, 9.17) is 0 Å². The van der Waals surface area contributed by atoms with Gasteiger partial charge in [-0.25, -0.2) is 0 Å². The molecular weight excluding hydrogens is 370 g/mol. The van der Waals surface area contributed by atoms with E-state index >= 15 is 0 Å². The molecule has 0 aliphatic heterocycles. The molecule has 0 heterocycles. The number of hydrogen-bond donors (Lipinski definition) is 2. The first-order chi connectivity index (χ1) is 14.6. The minimum Gasteiger partial charge on any atom is -0.508 e. The maximum atomic E-state index is 11.9. The van der Waals surface area contributed by atoms with Crippen LogP contribution in [0.4, 0.5) is 0 Å². The number of aromatic hydroxyl groups is 1. The SMILES string of the molecule is CCCCC/C=C\C/C=C\CC/C=C\CCCC(=O)NCCc1ccc(O)c(C)c1. The fraction of sp³-hybridized carbons (Fsp3) is 0.519. The number of amides is 1. The van der Waals surface area contributed by atoms with Gasteiger partial charge in [-0.05, 0) is 75.5 Å². The average molecular weight is 412 g/mol. The summed E-state index contributed by atoms with van der Waals surface area (Å²) in [4.78, 5) is 11.9. The summed E-state index contributed by atoms with van der Waals surface area (Å²) in [5.41, 5.74) is 2.00. The second kappa shape index (κ2) is 17.6. The lowest BCUT2D eigenvalue weighted by Crippen LogP contribution is -2.25. The molecule has 0 aromatic heterocycles. The molecule has 3 nitrogen and oxygen atoms in total. The van der Waals surface area contributed by atoms with Crippen molar-refractivity contribution < 1.29 is 9.90 Å². The summed E-state index contributed by atoms with van der Waals surface area (Å²) in [5, 5.41) is 12.5. The van der Waals surface area contributed by atoms with Gasteiger partial charge in [0.2, 0.25) is 5.91 Å². The van der Waals surface area contributed by atoms with E-state index in [9.17, 15) is 9.90 Å². The lowest BCUT2D eigenvalue weighted by Gasteiger charge is -2.06. The third-order valence-corrected chi connectivity index (χ3v) is 5.02. The molecule has 1 aromatic carbocycles. The number of nitrogens with one attached hydrogen (secondary N) is 1. The van der Waals surface area contributed by atoms with Crippen LogP contribution in [0.2, 0.25) is 0 Å². The number of carbonyl (C=O) groups is 1. The predicted molar refractivity (Wildman–Crippen MR) is 129 cm³/mol. The Morgan fingerprint density at radius 2 is 1.60 bits per heavy atom. The van der Waals surface area contributed by atoms with Crippen LogP contribution in [0.15, 0.2) is 54.7 Å². The largest absolute Gasteiger partial charge is 0.508 e. The van der Waals surface area contributed by atoms with Crippen molar-refractivity contribution in [2.75, 3.05) is 6.54 Å². The Morgan fingerprint density at radius 1 is 0.933 bits per heavy atom. The molecule has 3 heteroatoms. The highest BCUT2D eigenvalue weighted by molar-refractivity contribution is 5.75. The van der Waals surface area contributed by atoms with Gasteiger partial charge in [-0.15, -0.1) is 0 Å². The zero-order valence-corrected chi connectivity index (χ0v) is 19.0. The minimum atomic E-state index is 0.115. The molecule has 2 N–H and O–H groups in total. The molecule has 0 fully saturated rings. The molecule has 1 amide bonds. The van der Waals surface area contributed by atoms with Gasteiger partial charge in [-0.2, -0.15) is 0 Å². The van der Waals surface area contributed by atoms with E-state index in [0.29, 0.717) is 18.7 Å². The molecule has 30 heavy (non-hydrogen) atoms. The molecule has 0 spiro atoms. The van der Waals surface area contributed by atoms with Gasteiger partial charge in [0.1, 0.15) is 5.75 Å². The van der Waals surface area contributed by atoms with E-state index in [0.717, 1.165) is 49.7 Å². The summed E-state index contributed by atoms with van der Waals surface area (Å²) in [5.74, 6) is 0.432. The molecule has 0 aliphatic carbocycles. The summed E-state index contributed by atoms with van der Waals surface area (Å²) >= 11 is 0. The van der Waals surface area contributed by atoms with E-state index in [1.807, 2.05) is 19.1 Å². The standard InChI is InChI=1S/C27H41NO2/c1-3-4-5-6-7-8-9-10-11-12-13-14-15-16-17-18-27(30)28-22-21-25-19-20-26(29)24(2)23-25/h7-8,10-11,14-15,19-20,23,29H,3-6,9,12-13,16-18,21-22H2,1-2H3,(H,28,30)/b8-7-,11-10-,15-14-. The number of carbonyl (C=O) groups excluding carboxylic acids is 1. The first-order valence-corrected chi connectivity index (χ1v) is 11.6. The smallest absolute Gasteiger partial charge is 0.220 e. The van der Waals surface area contributed by atoms with E-state index in [2.05, 4.69) is 48.7 Å². The van der Waals surface area contributed by atoms with E-state index in [-0.39, 0.29) is 5.91 Å². The Bertz CT molecular complexity index is 673. The Kier molecular flexibility index (Phi) is 15.1. The van der Waals surface area contributed by atoms with Gasteiger partial charge in [0, 0.05) is 13.0 Å². The molecule has 0 saturated heterocycles. The molecule has 1 rings (SSSR count). The molecular formula is C27H41NO2. The second-order valence-corrected chi connectivity index (χ2v) is 7.84. The lowest BCUT2D eigenvalue weighted by molar-refractivity contribution is -0.121. The number of rotatable bonds is 16. The molecule has 166 valence electrons. The highest BCUT2D eigenvalue weighted by atomic mass is 16.3. The molecule has 0 aliphatic rings. The first kappa shape index (κ1) is 25.7. The van der Waals surface area contributed by atoms with Gasteiger partial charge in [0.15, 0.2) is 0 Å². The van der Waals surface area contributed by atoms with Crippen molar-refractivity contribution in [2.24, 2.45) is 0 Å². The third-order valence-electron chi connectivity index (χ3n) is 5.02. The zero-order valence-electron chi connectivity index (χ0n) is 19.0. The molecule has 0 unspecified atom stereocenters. The third kappa shape index (κ3) is 13.8. The first-order valence-electron chi connectivity index (χ1n) is 11.6. The average Bonchev–Trinajstić information content (AvgIpc) is 2.73.